The van der Waals surface area contributed by atoms with Crippen molar-refractivity contribution in [1.29, 1.82) is 0 Å². The van der Waals surface area contributed by atoms with Gasteiger partial charge in [0.15, 0.2) is 6.10 Å². The number of nitrogens with one attached hydrogen (secondary N) is 1. The summed E-state index contributed by atoms with van der Waals surface area (Å²) in [5.74, 6) is -1.14. The number of benzene rings is 1. The van der Waals surface area contributed by atoms with Gasteiger partial charge < -0.3 is 19.6 Å². The maximum absolute atomic E-state index is 12.3. The summed E-state index contributed by atoms with van der Waals surface area (Å²) in [4.78, 5) is 35.8. The number of carbonyl (C=O) groups is 2. The lowest BCUT2D eigenvalue weighted by Gasteiger charge is -2.20. The normalized spacial score (nSPS) is 15.1. The van der Waals surface area contributed by atoms with Crippen molar-refractivity contribution < 1.29 is 23.8 Å². The van der Waals surface area contributed by atoms with Crippen molar-refractivity contribution >= 4 is 22.8 Å². The number of ether oxygens (including phenoxy) is 1. The minimum Gasteiger partial charge on any atom is -0.480 e. The van der Waals surface area contributed by atoms with Gasteiger partial charge in [-0.15, -0.1) is 0 Å². The van der Waals surface area contributed by atoms with Gasteiger partial charge in [-0.3, -0.25) is 4.79 Å². The summed E-state index contributed by atoms with van der Waals surface area (Å²) in [6.07, 6.45) is 2.62. The summed E-state index contributed by atoms with van der Waals surface area (Å²) >= 11 is 0. The third-order valence-corrected chi connectivity index (χ3v) is 5.21. The van der Waals surface area contributed by atoms with Crippen LogP contribution in [0.15, 0.2) is 21.3 Å². The third kappa shape index (κ3) is 3.74. The number of fused-ring (bicyclic) bond motifs is 3. The standard InChI is InChI=1S/C21H25NO6/c1-4-6-16(20(24)25)22-19(23)12(3)27-17-10-9-14-13-7-5-8-15(13)21(26)28-18(14)11(17)2/h9-10,12,16H,4-8H2,1-3H3,(H,22,23)(H,24,25). The van der Waals surface area contributed by atoms with E-state index >= 15 is 0 Å². The van der Waals surface area contributed by atoms with Crippen LogP contribution in [-0.2, 0) is 22.4 Å². The Labute approximate surface area is 162 Å². The van der Waals surface area contributed by atoms with E-state index in [1.807, 2.05) is 13.0 Å². The molecule has 0 fully saturated rings. The van der Waals surface area contributed by atoms with E-state index in [0.29, 0.717) is 29.7 Å². The summed E-state index contributed by atoms with van der Waals surface area (Å²) < 4.78 is 11.3. The number of carboxylic acid groups (broad SMARTS) is 1. The molecule has 0 saturated carbocycles. The van der Waals surface area contributed by atoms with Crippen LogP contribution >= 0.6 is 0 Å². The number of carbonyl (C=O) groups excluding carboxylic acids is 1. The molecule has 0 saturated heterocycles. The predicted molar refractivity (Wildman–Crippen MR) is 104 cm³/mol. The molecule has 1 aliphatic rings. The Hall–Kier alpha value is -2.83. The van der Waals surface area contributed by atoms with Crippen molar-refractivity contribution in [2.24, 2.45) is 0 Å². The number of hydrogen-bond donors (Lipinski definition) is 2. The second-order valence-electron chi connectivity index (χ2n) is 7.21. The van der Waals surface area contributed by atoms with Crippen LogP contribution in [0.5, 0.6) is 5.75 Å². The maximum atomic E-state index is 12.3. The molecule has 2 atom stereocenters. The number of aryl methyl sites for hydroxylation is 2. The van der Waals surface area contributed by atoms with Crippen LogP contribution in [0.2, 0.25) is 0 Å². The molecule has 7 heteroatoms. The Morgan fingerprint density at radius 2 is 2.00 bits per heavy atom. The number of hydrogen-bond acceptors (Lipinski definition) is 5. The number of amides is 1. The van der Waals surface area contributed by atoms with E-state index in [2.05, 4.69) is 5.32 Å². The molecule has 1 heterocycles. The molecule has 0 radical (unpaired) electrons. The van der Waals surface area contributed by atoms with Gasteiger partial charge in [-0.25, -0.2) is 9.59 Å². The molecule has 7 nitrogen and oxygen atoms in total. The zero-order valence-electron chi connectivity index (χ0n) is 16.3. The smallest absolute Gasteiger partial charge is 0.339 e. The van der Waals surface area contributed by atoms with Gasteiger partial charge in [-0.2, -0.15) is 0 Å². The molecule has 1 aliphatic carbocycles. The lowest BCUT2D eigenvalue weighted by molar-refractivity contribution is -0.143. The van der Waals surface area contributed by atoms with Crippen LogP contribution < -0.4 is 15.7 Å². The second-order valence-corrected chi connectivity index (χ2v) is 7.21. The second kappa shape index (κ2) is 8.04. The molecule has 0 bridgehead atoms. The van der Waals surface area contributed by atoms with E-state index in [1.165, 1.54) is 0 Å². The molecular formula is C21H25NO6. The number of aliphatic carboxylic acids is 1. The zero-order chi connectivity index (χ0) is 20.4. The number of carboxylic acids is 1. The first-order valence-corrected chi connectivity index (χ1v) is 9.61. The van der Waals surface area contributed by atoms with Crippen molar-refractivity contribution in [3.05, 3.63) is 39.2 Å². The van der Waals surface area contributed by atoms with E-state index in [0.717, 1.165) is 35.8 Å². The Morgan fingerprint density at radius 3 is 2.68 bits per heavy atom. The lowest BCUT2D eigenvalue weighted by atomic mass is 10.0. The zero-order valence-corrected chi connectivity index (χ0v) is 16.3. The summed E-state index contributed by atoms with van der Waals surface area (Å²) in [5, 5.41) is 12.6. The summed E-state index contributed by atoms with van der Waals surface area (Å²) in [6, 6.07) is 2.68. The van der Waals surface area contributed by atoms with Crippen LogP contribution in [0.25, 0.3) is 11.0 Å². The molecule has 3 rings (SSSR count). The van der Waals surface area contributed by atoms with Crippen molar-refractivity contribution in [1.82, 2.24) is 5.32 Å². The monoisotopic (exact) mass is 387 g/mol. The largest absolute Gasteiger partial charge is 0.480 e. The third-order valence-electron chi connectivity index (χ3n) is 5.21. The van der Waals surface area contributed by atoms with E-state index in [1.54, 1.807) is 19.9 Å². The highest BCUT2D eigenvalue weighted by Crippen LogP contribution is 2.33. The quantitative estimate of drug-likeness (QED) is 0.708. The van der Waals surface area contributed by atoms with E-state index in [4.69, 9.17) is 9.15 Å². The topological polar surface area (TPSA) is 106 Å². The van der Waals surface area contributed by atoms with E-state index < -0.39 is 24.0 Å². The fourth-order valence-corrected chi connectivity index (χ4v) is 3.67. The van der Waals surface area contributed by atoms with Gasteiger partial charge in [0.1, 0.15) is 17.4 Å². The Morgan fingerprint density at radius 1 is 1.29 bits per heavy atom. The summed E-state index contributed by atoms with van der Waals surface area (Å²) in [5.41, 5.74) is 2.60. The average molecular weight is 387 g/mol. The molecule has 2 aromatic rings. The molecule has 1 aromatic heterocycles. The van der Waals surface area contributed by atoms with Gasteiger partial charge in [0, 0.05) is 16.5 Å². The first-order valence-electron chi connectivity index (χ1n) is 9.61. The van der Waals surface area contributed by atoms with Crippen molar-refractivity contribution in [3.63, 3.8) is 0 Å². The Balaban J connectivity index is 1.83. The first kappa shape index (κ1) is 19.9. The van der Waals surface area contributed by atoms with Crippen molar-refractivity contribution in [2.45, 2.75) is 65.0 Å². The summed E-state index contributed by atoms with van der Waals surface area (Å²) in [6.45, 7) is 5.19. The molecule has 28 heavy (non-hydrogen) atoms. The Bertz CT molecular complexity index is 977. The van der Waals surface area contributed by atoms with Gasteiger partial charge in [-0.1, -0.05) is 13.3 Å². The van der Waals surface area contributed by atoms with Crippen LogP contribution in [0, 0.1) is 6.92 Å². The molecule has 2 N–H and O–H groups in total. The fourth-order valence-electron chi connectivity index (χ4n) is 3.67. The first-order chi connectivity index (χ1) is 13.3. The highest BCUT2D eigenvalue weighted by atomic mass is 16.5. The Kier molecular flexibility index (Phi) is 5.72. The fraction of sp³-hybridized carbons (Fsp3) is 0.476. The average Bonchev–Trinajstić information content (AvgIpc) is 3.14. The van der Waals surface area contributed by atoms with Crippen LogP contribution in [0.3, 0.4) is 0 Å². The van der Waals surface area contributed by atoms with Gasteiger partial charge in [-0.05, 0) is 57.2 Å². The van der Waals surface area contributed by atoms with E-state index in [-0.39, 0.29) is 5.63 Å². The molecule has 1 aromatic carbocycles. The van der Waals surface area contributed by atoms with E-state index in [9.17, 15) is 19.5 Å². The SMILES string of the molecule is CCCC(NC(=O)C(C)Oc1ccc2c3c(c(=O)oc2c1C)CCC3)C(=O)O. The molecule has 0 aliphatic heterocycles. The number of rotatable bonds is 7. The van der Waals surface area contributed by atoms with Crippen LogP contribution in [-0.4, -0.2) is 29.1 Å². The maximum Gasteiger partial charge on any atom is 0.339 e. The van der Waals surface area contributed by atoms with Gasteiger partial charge in [0.05, 0.1) is 0 Å². The van der Waals surface area contributed by atoms with Crippen LogP contribution in [0.4, 0.5) is 0 Å². The molecular weight excluding hydrogens is 362 g/mol. The predicted octanol–water partition coefficient (Wildman–Crippen LogP) is 2.73. The van der Waals surface area contributed by atoms with Crippen molar-refractivity contribution in [3.8, 4) is 5.75 Å². The lowest BCUT2D eigenvalue weighted by Crippen LogP contribution is -2.46. The van der Waals surface area contributed by atoms with Gasteiger partial charge >= 0.3 is 11.6 Å². The highest BCUT2D eigenvalue weighted by molar-refractivity contribution is 5.88. The molecule has 1 amide bonds. The van der Waals surface area contributed by atoms with Crippen LogP contribution in [0.1, 0.15) is 49.8 Å². The molecule has 0 spiro atoms. The minimum absolute atomic E-state index is 0.310. The highest BCUT2D eigenvalue weighted by Gasteiger charge is 2.25. The van der Waals surface area contributed by atoms with Gasteiger partial charge in [0.2, 0.25) is 0 Å². The van der Waals surface area contributed by atoms with Crippen molar-refractivity contribution in [2.75, 3.05) is 0 Å². The van der Waals surface area contributed by atoms with Gasteiger partial charge in [0.25, 0.3) is 5.91 Å². The summed E-state index contributed by atoms with van der Waals surface area (Å²) in [7, 11) is 0. The minimum atomic E-state index is -1.07. The molecule has 2 unspecified atom stereocenters. The molecule has 150 valence electrons.